The number of carbonyl (C=O) groups excluding carboxylic acids is 1. The van der Waals surface area contributed by atoms with E-state index in [1.807, 2.05) is 37.3 Å². The van der Waals surface area contributed by atoms with Gasteiger partial charge in [-0.2, -0.15) is 0 Å². The first-order valence-corrected chi connectivity index (χ1v) is 6.18. The Balaban J connectivity index is 1.99. The third-order valence-electron chi connectivity index (χ3n) is 2.90. The third kappa shape index (κ3) is 2.33. The van der Waals surface area contributed by atoms with Crippen LogP contribution in [0, 0.1) is 6.92 Å². The molecule has 3 rings (SSSR count). The van der Waals surface area contributed by atoms with E-state index < -0.39 is 0 Å². The summed E-state index contributed by atoms with van der Waals surface area (Å²) < 4.78 is 0. The number of pyridine rings is 1. The molecule has 0 aliphatic carbocycles. The van der Waals surface area contributed by atoms with Crippen molar-refractivity contribution in [2.24, 2.45) is 0 Å². The number of nitrogens with one attached hydrogen (secondary N) is 1. The number of aryl methyl sites for hydroxylation is 1. The Labute approximate surface area is 115 Å². The Bertz CT molecular complexity index is 771. The molecule has 5 nitrogen and oxygen atoms in total. The van der Waals surface area contributed by atoms with Crippen LogP contribution < -0.4 is 5.32 Å². The number of amides is 1. The van der Waals surface area contributed by atoms with Crippen LogP contribution in [0.1, 0.15) is 16.2 Å². The number of fused-ring (bicyclic) bond motifs is 1. The number of aromatic nitrogens is 3. The van der Waals surface area contributed by atoms with Crippen molar-refractivity contribution >= 4 is 22.5 Å². The Kier molecular flexibility index (Phi) is 3.09. The van der Waals surface area contributed by atoms with E-state index in [4.69, 9.17) is 0 Å². The molecule has 0 atom stereocenters. The van der Waals surface area contributed by atoms with Gasteiger partial charge in [-0.05, 0) is 19.1 Å². The molecule has 0 saturated heterocycles. The van der Waals surface area contributed by atoms with Gasteiger partial charge in [-0.15, -0.1) is 0 Å². The van der Waals surface area contributed by atoms with Gasteiger partial charge >= 0.3 is 0 Å². The standard InChI is InChI=1S/C15H12N4O/c1-10-5-6-11-3-2-4-12(14(11)18-10)19-15(20)13-9-16-7-8-17-13/h2-9H,1H3,(H,19,20). The molecule has 0 spiro atoms. The molecule has 0 aliphatic heterocycles. The van der Waals surface area contributed by atoms with E-state index in [0.29, 0.717) is 5.69 Å². The number of anilines is 1. The van der Waals surface area contributed by atoms with Crippen molar-refractivity contribution in [3.63, 3.8) is 0 Å². The molecule has 2 heterocycles. The first-order chi connectivity index (χ1) is 9.74. The normalized spacial score (nSPS) is 10.4. The number of carbonyl (C=O) groups is 1. The molecular weight excluding hydrogens is 252 g/mol. The fourth-order valence-corrected chi connectivity index (χ4v) is 1.95. The fourth-order valence-electron chi connectivity index (χ4n) is 1.95. The Hall–Kier alpha value is -2.82. The highest BCUT2D eigenvalue weighted by Gasteiger charge is 2.10. The van der Waals surface area contributed by atoms with Gasteiger partial charge in [0.15, 0.2) is 0 Å². The van der Waals surface area contributed by atoms with E-state index in [1.54, 1.807) is 0 Å². The Morgan fingerprint density at radius 1 is 1.15 bits per heavy atom. The Morgan fingerprint density at radius 3 is 2.85 bits per heavy atom. The molecular formula is C15H12N4O. The van der Waals surface area contributed by atoms with E-state index in [1.165, 1.54) is 18.6 Å². The van der Waals surface area contributed by atoms with Gasteiger partial charge in [0, 0.05) is 23.5 Å². The quantitative estimate of drug-likeness (QED) is 0.772. The van der Waals surface area contributed by atoms with Crippen LogP contribution in [0.25, 0.3) is 10.9 Å². The number of para-hydroxylation sites is 1. The first-order valence-electron chi connectivity index (χ1n) is 6.18. The van der Waals surface area contributed by atoms with Crippen molar-refractivity contribution in [1.82, 2.24) is 15.0 Å². The lowest BCUT2D eigenvalue weighted by molar-refractivity contribution is 0.102. The molecule has 1 N–H and O–H groups in total. The largest absolute Gasteiger partial charge is 0.319 e. The van der Waals surface area contributed by atoms with Gasteiger partial charge in [0.25, 0.3) is 5.91 Å². The summed E-state index contributed by atoms with van der Waals surface area (Å²) >= 11 is 0. The minimum atomic E-state index is -0.297. The second kappa shape index (κ2) is 5.05. The number of nitrogens with zero attached hydrogens (tertiary/aromatic N) is 3. The van der Waals surface area contributed by atoms with Crippen molar-refractivity contribution in [1.29, 1.82) is 0 Å². The van der Waals surface area contributed by atoms with Crippen molar-refractivity contribution in [2.75, 3.05) is 5.32 Å². The van der Waals surface area contributed by atoms with E-state index >= 15 is 0 Å². The summed E-state index contributed by atoms with van der Waals surface area (Å²) in [5, 5.41) is 3.80. The molecule has 0 radical (unpaired) electrons. The van der Waals surface area contributed by atoms with Gasteiger partial charge in [0.05, 0.1) is 17.4 Å². The zero-order valence-corrected chi connectivity index (χ0v) is 10.9. The molecule has 2 aromatic heterocycles. The molecule has 1 amide bonds. The summed E-state index contributed by atoms with van der Waals surface area (Å²) in [7, 11) is 0. The van der Waals surface area contributed by atoms with Crippen LogP contribution in [0.15, 0.2) is 48.9 Å². The minimum Gasteiger partial charge on any atom is -0.319 e. The van der Waals surface area contributed by atoms with Crippen molar-refractivity contribution in [3.05, 3.63) is 60.3 Å². The van der Waals surface area contributed by atoms with Crippen LogP contribution in [0.3, 0.4) is 0 Å². The summed E-state index contributed by atoms with van der Waals surface area (Å²) in [6.45, 7) is 1.92. The second-order valence-corrected chi connectivity index (χ2v) is 4.37. The second-order valence-electron chi connectivity index (χ2n) is 4.37. The minimum absolute atomic E-state index is 0.275. The summed E-state index contributed by atoms with van der Waals surface area (Å²) in [5.41, 5.74) is 2.61. The SMILES string of the molecule is Cc1ccc2cccc(NC(=O)c3cnccn3)c2n1. The number of hydrogen-bond acceptors (Lipinski definition) is 4. The number of rotatable bonds is 2. The molecule has 0 bridgehead atoms. The van der Waals surface area contributed by atoms with Gasteiger partial charge in [0.2, 0.25) is 0 Å². The maximum atomic E-state index is 12.1. The smallest absolute Gasteiger partial charge is 0.275 e. The highest BCUT2D eigenvalue weighted by atomic mass is 16.1. The van der Waals surface area contributed by atoms with Crippen LogP contribution in [0.2, 0.25) is 0 Å². The average molecular weight is 264 g/mol. The highest BCUT2D eigenvalue weighted by Crippen LogP contribution is 2.22. The lowest BCUT2D eigenvalue weighted by Crippen LogP contribution is -2.14. The van der Waals surface area contributed by atoms with Gasteiger partial charge in [-0.1, -0.05) is 18.2 Å². The van der Waals surface area contributed by atoms with Crippen LogP contribution in [0.4, 0.5) is 5.69 Å². The molecule has 1 aromatic carbocycles. The summed E-state index contributed by atoms with van der Waals surface area (Å²) in [5.74, 6) is -0.297. The van der Waals surface area contributed by atoms with Crippen LogP contribution in [0.5, 0.6) is 0 Å². The van der Waals surface area contributed by atoms with Crippen LogP contribution >= 0.6 is 0 Å². The van der Waals surface area contributed by atoms with Crippen LogP contribution in [-0.2, 0) is 0 Å². The lowest BCUT2D eigenvalue weighted by atomic mass is 10.1. The van der Waals surface area contributed by atoms with Crippen molar-refractivity contribution in [2.45, 2.75) is 6.92 Å². The van der Waals surface area contributed by atoms with Crippen molar-refractivity contribution < 1.29 is 4.79 Å². The van der Waals surface area contributed by atoms with Gasteiger partial charge < -0.3 is 5.32 Å². The topological polar surface area (TPSA) is 67.8 Å². The molecule has 20 heavy (non-hydrogen) atoms. The van der Waals surface area contributed by atoms with E-state index in [0.717, 1.165) is 16.6 Å². The molecule has 3 aromatic rings. The first kappa shape index (κ1) is 12.2. The summed E-state index contributed by atoms with van der Waals surface area (Å²) in [6.07, 6.45) is 4.44. The van der Waals surface area contributed by atoms with E-state index in [9.17, 15) is 4.79 Å². The lowest BCUT2D eigenvalue weighted by Gasteiger charge is -2.08. The molecule has 0 saturated carbocycles. The zero-order chi connectivity index (χ0) is 13.9. The molecule has 5 heteroatoms. The predicted octanol–water partition coefficient (Wildman–Crippen LogP) is 2.59. The Morgan fingerprint density at radius 2 is 2.05 bits per heavy atom. The maximum absolute atomic E-state index is 12.1. The van der Waals surface area contributed by atoms with E-state index in [2.05, 4.69) is 20.3 Å². The summed E-state index contributed by atoms with van der Waals surface area (Å²) in [4.78, 5) is 24.4. The van der Waals surface area contributed by atoms with Gasteiger partial charge in [-0.25, -0.2) is 4.98 Å². The average Bonchev–Trinajstić information content (AvgIpc) is 2.49. The molecule has 98 valence electrons. The van der Waals surface area contributed by atoms with Gasteiger partial charge in [0.1, 0.15) is 5.69 Å². The molecule has 0 fully saturated rings. The van der Waals surface area contributed by atoms with Crippen LogP contribution in [-0.4, -0.2) is 20.9 Å². The van der Waals surface area contributed by atoms with Crippen molar-refractivity contribution in [3.8, 4) is 0 Å². The fraction of sp³-hybridized carbons (Fsp3) is 0.0667. The third-order valence-corrected chi connectivity index (χ3v) is 2.90. The summed E-state index contributed by atoms with van der Waals surface area (Å²) in [6, 6.07) is 9.58. The monoisotopic (exact) mass is 264 g/mol. The highest BCUT2D eigenvalue weighted by molar-refractivity contribution is 6.07. The molecule has 0 unspecified atom stereocenters. The number of hydrogen-bond donors (Lipinski definition) is 1. The number of benzene rings is 1. The zero-order valence-electron chi connectivity index (χ0n) is 10.9. The predicted molar refractivity (Wildman–Crippen MR) is 76.5 cm³/mol. The maximum Gasteiger partial charge on any atom is 0.275 e. The van der Waals surface area contributed by atoms with E-state index in [-0.39, 0.29) is 11.6 Å². The molecule has 0 aliphatic rings. The van der Waals surface area contributed by atoms with Gasteiger partial charge in [-0.3, -0.25) is 14.8 Å².